The number of pyridine rings is 1. The summed E-state index contributed by atoms with van der Waals surface area (Å²) < 4.78 is 7.50. The number of fused-ring (bicyclic) bond motifs is 1. The van der Waals surface area contributed by atoms with Crippen molar-refractivity contribution in [1.82, 2.24) is 15.2 Å². The van der Waals surface area contributed by atoms with Crippen LogP contribution in [0.4, 0.5) is 5.69 Å². The Kier molecular flexibility index (Phi) is 7.79. The molecule has 6 nitrogen and oxygen atoms in total. The third-order valence-corrected chi connectivity index (χ3v) is 9.05. The lowest BCUT2D eigenvalue weighted by Crippen LogP contribution is -2.44. The predicted octanol–water partition coefficient (Wildman–Crippen LogP) is 6.05. The first-order valence-electron chi connectivity index (χ1n) is 14.0. The van der Waals surface area contributed by atoms with Crippen LogP contribution in [0.5, 0.6) is 5.75 Å². The summed E-state index contributed by atoms with van der Waals surface area (Å²) in [6.45, 7) is 7.05. The number of rotatable bonds is 7. The van der Waals surface area contributed by atoms with Crippen LogP contribution in [0.3, 0.4) is 0 Å². The summed E-state index contributed by atoms with van der Waals surface area (Å²) in [6.07, 6.45) is 7.87. The molecule has 7 heteroatoms. The van der Waals surface area contributed by atoms with Gasteiger partial charge in [-0.05, 0) is 79.2 Å². The molecule has 0 bridgehead atoms. The molecule has 0 radical (unpaired) electrons. The van der Waals surface area contributed by atoms with Crippen molar-refractivity contribution < 1.29 is 9.53 Å². The second-order valence-corrected chi connectivity index (χ2v) is 11.9. The fourth-order valence-corrected chi connectivity index (χ4v) is 6.57. The molecule has 0 aliphatic carbocycles. The standard InChI is InChI=1S/C32H36N4O2S/c1-23-2-4-27(5-3-23)36-18-12-28(13-19-36)38-29-6-7-30-25(20-29)21-31(39-30)32(37)34-26-10-16-35(17-11-26)22-24-8-14-33-15-9-24/h2-9,14-15,20-21,26,28H,10-13,16-19,22H2,1H3,(H,34,37). The molecule has 39 heavy (non-hydrogen) atoms. The van der Waals surface area contributed by atoms with Crippen molar-refractivity contribution in [1.29, 1.82) is 0 Å². The highest BCUT2D eigenvalue weighted by Gasteiger charge is 2.23. The van der Waals surface area contributed by atoms with E-state index in [1.54, 1.807) is 11.3 Å². The minimum atomic E-state index is 0.0368. The van der Waals surface area contributed by atoms with Gasteiger partial charge in [0.1, 0.15) is 11.9 Å². The Balaban J connectivity index is 0.999. The zero-order valence-corrected chi connectivity index (χ0v) is 23.3. The van der Waals surface area contributed by atoms with Gasteiger partial charge in [-0.3, -0.25) is 14.7 Å². The van der Waals surface area contributed by atoms with E-state index in [1.807, 2.05) is 24.5 Å². The molecule has 0 unspecified atom stereocenters. The van der Waals surface area contributed by atoms with Gasteiger partial charge in [0, 0.05) is 74.4 Å². The smallest absolute Gasteiger partial charge is 0.261 e. The highest BCUT2D eigenvalue weighted by molar-refractivity contribution is 7.20. The lowest BCUT2D eigenvalue weighted by Gasteiger charge is -2.33. The van der Waals surface area contributed by atoms with Crippen LogP contribution in [0.1, 0.15) is 46.5 Å². The van der Waals surface area contributed by atoms with Crippen molar-refractivity contribution in [2.45, 2.75) is 51.3 Å². The van der Waals surface area contributed by atoms with Crippen LogP contribution < -0.4 is 15.0 Å². The third kappa shape index (κ3) is 6.43. The molecular formula is C32H36N4O2S. The van der Waals surface area contributed by atoms with Gasteiger partial charge in [-0.2, -0.15) is 0 Å². The van der Waals surface area contributed by atoms with E-state index in [0.717, 1.165) is 79.1 Å². The maximum Gasteiger partial charge on any atom is 0.261 e. The summed E-state index contributed by atoms with van der Waals surface area (Å²) in [4.78, 5) is 22.8. The lowest BCUT2D eigenvalue weighted by molar-refractivity contribution is 0.0913. The molecule has 2 aromatic heterocycles. The zero-order chi connectivity index (χ0) is 26.6. The second-order valence-electron chi connectivity index (χ2n) is 10.8. The Morgan fingerprint density at radius 2 is 1.69 bits per heavy atom. The molecule has 2 fully saturated rings. The van der Waals surface area contributed by atoms with Crippen LogP contribution in [0.15, 0.2) is 73.1 Å². The number of aromatic nitrogens is 1. The van der Waals surface area contributed by atoms with E-state index < -0.39 is 0 Å². The van der Waals surface area contributed by atoms with Crippen LogP contribution in [-0.4, -0.2) is 54.1 Å². The van der Waals surface area contributed by atoms with E-state index in [9.17, 15) is 4.79 Å². The number of likely N-dealkylation sites (tertiary alicyclic amines) is 1. The van der Waals surface area contributed by atoms with Crippen LogP contribution in [0.25, 0.3) is 10.1 Å². The Morgan fingerprint density at radius 3 is 2.44 bits per heavy atom. The first-order valence-corrected chi connectivity index (χ1v) is 14.8. The number of ether oxygens (including phenoxy) is 1. The first-order chi connectivity index (χ1) is 19.1. The van der Waals surface area contributed by atoms with Crippen LogP contribution in [0.2, 0.25) is 0 Å². The number of nitrogens with zero attached hydrogens (tertiary/aromatic N) is 3. The fraction of sp³-hybridized carbons (Fsp3) is 0.375. The number of carbonyl (C=O) groups is 1. The van der Waals surface area contributed by atoms with E-state index in [0.29, 0.717) is 0 Å². The molecule has 6 rings (SSSR count). The van der Waals surface area contributed by atoms with E-state index in [4.69, 9.17) is 4.74 Å². The summed E-state index contributed by atoms with van der Waals surface area (Å²) in [5.41, 5.74) is 3.87. The number of anilines is 1. The Hall–Kier alpha value is -3.42. The number of hydrogen-bond acceptors (Lipinski definition) is 6. The molecule has 4 heterocycles. The predicted molar refractivity (Wildman–Crippen MR) is 159 cm³/mol. The van der Waals surface area contributed by atoms with Gasteiger partial charge in [-0.15, -0.1) is 11.3 Å². The number of hydrogen-bond donors (Lipinski definition) is 1. The third-order valence-electron chi connectivity index (χ3n) is 7.93. The van der Waals surface area contributed by atoms with Crippen molar-refractivity contribution in [3.05, 3.63) is 89.1 Å². The van der Waals surface area contributed by atoms with Gasteiger partial charge in [0.15, 0.2) is 0 Å². The Bertz CT molecular complexity index is 1390. The van der Waals surface area contributed by atoms with Gasteiger partial charge >= 0.3 is 0 Å². The highest BCUT2D eigenvalue weighted by atomic mass is 32.1. The normalized spacial score (nSPS) is 17.4. The summed E-state index contributed by atoms with van der Waals surface area (Å²) in [5, 5.41) is 4.36. The molecule has 0 atom stereocenters. The molecular weight excluding hydrogens is 504 g/mol. The molecule has 202 valence electrons. The maximum absolute atomic E-state index is 13.1. The topological polar surface area (TPSA) is 57.7 Å². The number of aryl methyl sites for hydroxylation is 1. The van der Waals surface area contributed by atoms with E-state index in [1.165, 1.54) is 16.8 Å². The summed E-state index contributed by atoms with van der Waals surface area (Å²) >= 11 is 1.56. The van der Waals surface area contributed by atoms with Gasteiger partial charge < -0.3 is 15.0 Å². The average molecular weight is 541 g/mol. The number of amides is 1. The van der Waals surface area contributed by atoms with Crippen molar-refractivity contribution in [3.63, 3.8) is 0 Å². The number of nitrogens with one attached hydrogen (secondary N) is 1. The summed E-state index contributed by atoms with van der Waals surface area (Å²) in [7, 11) is 0. The van der Waals surface area contributed by atoms with E-state index in [2.05, 4.69) is 75.6 Å². The molecule has 1 N–H and O–H groups in total. The minimum Gasteiger partial charge on any atom is -0.490 e. The van der Waals surface area contributed by atoms with Crippen molar-refractivity contribution in [2.75, 3.05) is 31.1 Å². The zero-order valence-electron chi connectivity index (χ0n) is 22.5. The van der Waals surface area contributed by atoms with Crippen LogP contribution >= 0.6 is 11.3 Å². The second kappa shape index (κ2) is 11.8. The molecule has 4 aromatic rings. The molecule has 2 saturated heterocycles. The lowest BCUT2D eigenvalue weighted by atomic mass is 10.0. The Labute approximate surface area is 234 Å². The highest BCUT2D eigenvalue weighted by Crippen LogP contribution is 2.31. The van der Waals surface area contributed by atoms with Gasteiger partial charge in [-0.25, -0.2) is 0 Å². The van der Waals surface area contributed by atoms with Crippen LogP contribution in [-0.2, 0) is 6.54 Å². The molecule has 2 aliphatic heterocycles. The number of thiophene rings is 1. The number of benzene rings is 2. The number of piperidine rings is 2. The first kappa shape index (κ1) is 25.8. The SMILES string of the molecule is Cc1ccc(N2CCC(Oc3ccc4sc(C(=O)NC5CCN(Cc6ccncc6)CC5)cc4c3)CC2)cc1. The minimum absolute atomic E-state index is 0.0368. The van der Waals surface area contributed by atoms with Gasteiger partial charge in [-0.1, -0.05) is 17.7 Å². The summed E-state index contributed by atoms with van der Waals surface area (Å²) in [6, 6.07) is 21.4. The summed E-state index contributed by atoms with van der Waals surface area (Å²) in [5.74, 6) is 0.928. The molecule has 2 aromatic carbocycles. The Morgan fingerprint density at radius 1 is 0.949 bits per heavy atom. The number of carbonyl (C=O) groups excluding carboxylic acids is 1. The molecule has 2 aliphatic rings. The average Bonchev–Trinajstić information content (AvgIpc) is 3.39. The molecule has 1 amide bonds. The quantitative estimate of drug-likeness (QED) is 0.309. The fourth-order valence-electron chi connectivity index (χ4n) is 5.62. The van der Waals surface area contributed by atoms with Gasteiger partial charge in [0.05, 0.1) is 4.88 Å². The van der Waals surface area contributed by atoms with E-state index in [-0.39, 0.29) is 18.1 Å². The van der Waals surface area contributed by atoms with Crippen LogP contribution in [0, 0.1) is 6.92 Å². The largest absolute Gasteiger partial charge is 0.490 e. The van der Waals surface area contributed by atoms with Gasteiger partial charge in [0.25, 0.3) is 5.91 Å². The monoisotopic (exact) mass is 540 g/mol. The van der Waals surface area contributed by atoms with E-state index >= 15 is 0 Å². The van der Waals surface area contributed by atoms with Crippen molar-refractivity contribution in [3.8, 4) is 5.75 Å². The molecule has 0 spiro atoms. The van der Waals surface area contributed by atoms with Crippen molar-refractivity contribution >= 4 is 33.0 Å². The maximum atomic E-state index is 13.1. The van der Waals surface area contributed by atoms with Gasteiger partial charge in [0.2, 0.25) is 0 Å². The molecule has 0 saturated carbocycles. The van der Waals surface area contributed by atoms with Crippen molar-refractivity contribution in [2.24, 2.45) is 0 Å².